The average molecular weight is 310 g/mol. The summed E-state index contributed by atoms with van der Waals surface area (Å²) in [6, 6.07) is 0.343. The number of hydrogen-bond acceptors (Lipinski definition) is 3. The maximum Gasteiger partial charge on any atom is 0.227 e. The van der Waals surface area contributed by atoms with Crippen molar-refractivity contribution in [2.75, 3.05) is 20.1 Å². The summed E-state index contributed by atoms with van der Waals surface area (Å²) in [4.78, 5) is 28.4. The number of hydrogen-bond donors (Lipinski definition) is 1. The van der Waals surface area contributed by atoms with Crippen LogP contribution in [0.5, 0.6) is 0 Å². The van der Waals surface area contributed by atoms with Crippen molar-refractivity contribution in [3.05, 3.63) is 0 Å². The molecule has 1 N–H and O–H groups in total. The monoisotopic (exact) mass is 310 g/mol. The topological polar surface area (TPSA) is 60.9 Å². The molecule has 2 amide bonds. The Hall–Kier alpha value is -1.10. The molecule has 5 nitrogen and oxygen atoms in total. The molecule has 1 aliphatic carbocycles. The van der Waals surface area contributed by atoms with Crippen LogP contribution in [0.4, 0.5) is 0 Å². The number of carbonyl (C=O) groups is 2. The van der Waals surface area contributed by atoms with Crippen LogP contribution in [0.25, 0.3) is 0 Å². The molecule has 2 aliphatic rings. The smallest absolute Gasteiger partial charge is 0.227 e. The highest BCUT2D eigenvalue weighted by atomic mass is 16.3. The second-order valence-corrected chi connectivity index (χ2v) is 6.99. The van der Waals surface area contributed by atoms with Crippen molar-refractivity contribution in [2.24, 2.45) is 5.92 Å². The highest BCUT2D eigenvalue weighted by Crippen LogP contribution is 2.28. The number of carbonyl (C=O) groups excluding carboxylic acids is 2. The van der Waals surface area contributed by atoms with Gasteiger partial charge in [-0.1, -0.05) is 25.7 Å². The minimum absolute atomic E-state index is 0.0464. The summed E-state index contributed by atoms with van der Waals surface area (Å²) in [7, 11) is 1.77. The first-order chi connectivity index (χ1) is 10.5. The Morgan fingerprint density at radius 3 is 2.55 bits per heavy atom. The highest BCUT2D eigenvalue weighted by Gasteiger charge is 2.38. The summed E-state index contributed by atoms with van der Waals surface area (Å²) >= 11 is 0. The van der Waals surface area contributed by atoms with Gasteiger partial charge in [-0.05, 0) is 26.2 Å². The molecule has 0 spiro atoms. The van der Waals surface area contributed by atoms with Gasteiger partial charge in [0.15, 0.2) is 0 Å². The fourth-order valence-corrected chi connectivity index (χ4v) is 3.62. The maximum atomic E-state index is 12.5. The predicted molar refractivity (Wildman–Crippen MR) is 85.2 cm³/mol. The first-order valence-corrected chi connectivity index (χ1v) is 8.71. The lowest BCUT2D eigenvalue weighted by atomic mass is 10.1. The van der Waals surface area contributed by atoms with Gasteiger partial charge in [0, 0.05) is 32.6 Å². The molecule has 0 bridgehead atoms. The zero-order chi connectivity index (χ0) is 16.1. The van der Waals surface area contributed by atoms with E-state index in [4.69, 9.17) is 0 Å². The Morgan fingerprint density at radius 2 is 1.95 bits per heavy atom. The molecule has 0 aromatic rings. The third kappa shape index (κ3) is 4.45. The van der Waals surface area contributed by atoms with E-state index in [0.717, 1.165) is 12.8 Å². The summed E-state index contributed by atoms with van der Waals surface area (Å²) in [5.74, 6) is -0.00551. The second kappa shape index (κ2) is 7.95. The van der Waals surface area contributed by atoms with Gasteiger partial charge in [0.1, 0.15) is 0 Å². The number of aliphatic hydroxyl groups is 1. The van der Waals surface area contributed by atoms with Crippen LogP contribution >= 0.6 is 0 Å². The number of aliphatic hydroxyl groups excluding tert-OH is 1. The molecule has 2 unspecified atom stereocenters. The number of likely N-dealkylation sites (tertiary alicyclic amines) is 1. The minimum atomic E-state index is -0.400. The average Bonchev–Trinajstić information content (AvgIpc) is 2.70. The minimum Gasteiger partial charge on any atom is -0.393 e. The molecule has 22 heavy (non-hydrogen) atoms. The van der Waals surface area contributed by atoms with Crippen molar-refractivity contribution in [1.29, 1.82) is 0 Å². The number of nitrogens with zero attached hydrogens (tertiary/aromatic N) is 2. The summed E-state index contributed by atoms with van der Waals surface area (Å²) in [5, 5.41) is 9.33. The van der Waals surface area contributed by atoms with Crippen LogP contribution in [-0.2, 0) is 9.59 Å². The third-order valence-corrected chi connectivity index (χ3v) is 5.03. The van der Waals surface area contributed by atoms with Crippen molar-refractivity contribution in [2.45, 2.75) is 70.4 Å². The van der Waals surface area contributed by atoms with Crippen LogP contribution in [0.3, 0.4) is 0 Å². The Labute approximate surface area is 133 Å². The highest BCUT2D eigenvalue weighted by molar-refractivity contribution is 5.89. The lowest BCUT2D eigenvalue weighted by molar-refractivity contribution is -0.134. The molecule has 1 heterocycles. The molecule has 1 aliphatic heterocycles. The van der Waals surface area contributed by atoms with Gasteiger partial charge in [0.25, 0.3) is 0 Å². The van der Waals surface area contributed by atoms with Crippen molar-refractivity contribution in [1.82, 2.24) is 9.80 Å². The predicted octanol–water partition coefficient (Wildman–Crippen LogP) is 1.79. The van der Waals surface area contributed by atoms with E-state index in [1.54, 1.807) is 18.9 Å². The van der Waals surface area contributed by atoms with Crippen molar-refractivity contribution >= 4 is 11.8 Å². The Bertz CT molecular complexity index is 389. The fraction of sp³-hybridized carbons (Fsp3) is 0.882. The van der Waals surface area contributed by atoms with Gasteiger partial charge in [0.2, 0.25) is 11.8 Å². The summed E-state index contributed by atoms with van der Waals surface area (Å²) in [5.41, 5.74) is 0. The lowest BCUT2D eigenvalue weighted by Gasteiger charge is -2.27. The summed E-state index contributed by atoms with van der Waals surface area (Å²) < 4.78 is 0. The Balaban J connectivity index is 1.89. The molecule has 2 atom stereocenters. The van der Waals surface area contributed by atoms with Gasteiger partial charge in [-0.25, -0.2) is 0 Å². The first-order valence-electron chi connectivity index (χ1n) is 8.71. The van der Waals surface area contributed by atoms with E-state index in [-0.39, 0.29) is 17.7 Å². The normalized spacial score (nSPS) is 25.1. The molecule has 2 rings (SSSR count). The molecule has 0 aromatic heterocycles. The molecule has 5 heteroatoms. The van der Waals surface area contributed by atoms with Crippen LogP contribution in [0.2, 0.25) is 0 Å². The summed E-state index contributed by atoms with van der Waals surface area (Å²) in [6.45, 7) is 2.86. The second-order valence-electron chi connectivity index (χ2n) is 6.99. The Kier molecular flexibility index (Phi) is 6.24. The molecule has 1 saturated heterocycles. The van der Waals surface area contributed by atoms with Gasteiger partial charge >= 0.3 is 0 Å². The molecule has 2 fully saturated rings. The van der Waals surface area contributed by atoms with E-state index < -0.39 is 6.10 Å². The lowest BCUT2D eigenvalue weighted by Crippen LogP contribution is -2.39. The van der Waals surface area contributed by atoms with Gasteiger partial charge in [-0.3, -0.25) is 9.59 Å². The van der Waals surface area contributed by atoms with E-state index in [0.29, 0.717) is 32.0 Å². The van der Waals surface area contributed by atoms with Crippen LogP contribution < -0.4 is 0 Å². The zero-order valence-corrected chi connectivity index (χ0v) is 14.0. The zero-order valence-electron chi connectivity index (χ0n) is 14.0. The van der Waals surface area contributed by atoms with Crippen LogP contribution in [0, 0.1) is 5.92 Å². The van der Waals surface area contributed by atoms with E-state index in [9.17, 15) is 14.7 Å². The van der Waals surface area contributed by atoms with Crippen molar-refractivity contribution < 1.29 is 14.7 Å². The molecule has 126 valence electrons. The SMILES string of the molecule is CC(O)CCN(C)C(=O)C1CC(=O)N(C2CCCCCC2)C1. The number of rotatable bonds is 5. The van der Waals surface area contributed by atoms with Gasteiger partial charge in [-0.2, -0.15) is 0 Å². The number of amides is 2. The fourth-order valence-electron chi connectivity index (χ4n) is 3.62. The van der Waals surface area contributed by atoms with Crippen LogP contribution in [0.15, 0.2) is 0 Å². The van der Waals surface area contributed by atoms with E-state index >= 15 is 0 Å². The molecular weight excluding hydrogens is 280 g/mol. The van der Waals surface area contributed by atoms with E-state index in [2.05, 4.69) is 0 Å². The van der Waals surface area contributed by atoms with E-state index in [1.807, 2.05) is 4.90 Å². The maximum absolute atomic E-state index is 12.5. The third-order valence-electron chi connectivity index (χ3n) is 5.03. The standard InChI is InChI=1S/C17H30N2O3/c1-13(20)9-10-18(2)17(22)14-11-16(21)19(12-14)15-7-5-3-4-6-8-15/h13-15,20H,3-12H2,1-2H3. The van der Waals surface area contributed by atoms with Gasteiger partial charge < -0.3 is 14.9 Å². The summed E-state index contributed by atoms with van der Waals surface area (Å²) in [6.07, 6.45) is 7.63. The van der Waals surface area contributed by atoms with Gasteiger partial charge in [-0.15, -0.1) is 0 Å². The van der Waals surface area contributed by atoms with Crippen molar-refractivity contribution in [3.63, 3.8) is 0 Å². The van der Waals surface area contributed by atoms with Crippen LogP contribution in [-0.4, -0.2) is 59.0 Å². The Morgan fingerprint density at radius 1 is 1.32 bits per heavy atom. The largest absolute Gasteiger partial charge is 0.393 e. The molecule has 1 saturated carbocycles. The molecular formula is C17H30N2O3. The van der Waals surface area contributed by atoms with Crippen molar-refractivity contribution in [3.8, 4) is 0 Å². The van der Waals surface area contributed by atoms with Crippen LogP contribution in [0.1, 0.15) is 58.3 Å². The molecule has 0 aromatic carbocycles. The molecule has 0 radical (unpaired) electrons. The first kappa shape index (κ1) is 17.3. The van der Waals surface area contributed by atoms with Gasteiger partial charge in [0.05, 0.1) is 12.0 Å². The quantitative estimate of drug-likeness (QED) is 0.788. The van der Waals surface area contributed by atoms with E-state index in [1.165, 1.54) is 25.7 Å².